The van der Waals surface area contributed by atoms with Gasteiger partial charge in [-0.3, -0.25) is 18.7 Å². The average Bonchev–Trinajstić information content (AvgIpc) is 3.69. The van der Waals surface area contributed by atoms with Crippen LogP contribution in [0.25, 0.3) is 16.9 Å². The number of carbonyl (C=O) groups is 2. The highest BCUT2D eigenvalue weighted by Crippen LogP contribution is 2.37. The zero-order chi connectivity index (χ0) is 30.0. The number of rotatable bonds is 8. The number of hydrogen-bond donors (Lipinski definition) is 4. The maximum atomic E-state index is 13.7. The Hall–Kier alpha value is -4.68. The van der Waals surface area contributed by atoms with Gasteiger partial charge in [0.2, 0.25) is 5.91 Å². The van der Waals surface area contributed by atoms with Gasteiger partial charge in [-0.25, -0.2) is 9.97 Å². The van der Waals surface area contributed by atoms with E-state index in [1.165, 1.54) is 35.1 Å². The van der Waals surface area contributed by atoms with Gasteiger partial charge in [-0.05, 0) is 38.1 Å². The van der Waals surface area contributed by atoms with Gasteiger partial charge in [-0.15, -0.1) is 0 Å². The minimum atomic E-state index is -4.76. The summed E-state index contributed by atoms with van der Waals surface area (Å²) in [6, 6.07) is 5.53. The first-order valence-corrected chi connectivity index (χ1v) is 13.2. The molecule has 1 aliphatic heterocycles. The van der Waals surface area contributed by atoms with Crippen molar-refractivity contribution in [2.45, 2.75) is 38.1 Å². The third kappa shape index (κ3) is 5.99. The summed E-state index contributed by atoms with van der Waals surface area (Å²) in [5, 5.41) is 24.2. The van der Waals surface area contributed by atoms with Gasteiger partial charge in [0.15, 0.2) is 17.2 Å². The summed E-state index contributed by atoms with van der Waals surface area (Å²) in [5.74, 6) is -0.625. The molecule has 1 fully saturated rings. The number of benzene rings is 1. The molecule has 218 valence electrons. The number of fused-ring (bicyclic) bond motifs is 1. The van der Waals surface area contributed by atoms with Crippen LogP contribution in [0.1, 0.15) is 29.4 Å². The fraction of sp³-hybridized carbons (Fsp3) is 0.308. The van der Waals surface area contributed by atoms with Gasteiger partial charge in [0, 0.05) is 36.9 Å². The number of amides is 2. The van der Waals surface area contributed by atoms with Crippen molar-refractivity contribution in [3.8, 4) is 17.3 Å². The Balaban J connectivity index is 1.34. The first-order valence-electron chi connectivity index (χ1n) is 12.8. The molecule has 0 bridgehead atoms. The van der Waals surface area contributed by atoms with Crippen LogP contribution in [0.5, 0.6) is 0 Å². The largest absolute Gasteiger partial charge is 0.435 e. The van der Waals surface area contributed by atoms with Crippen LogP contribution in [0.2, 0.25) is 5.02 Å². The summed E-state index contributed by atoms with van der Waals surface area (Å²) in [4.78, 5) is 33.7. The lowest BCUT2D eigenvalue weighted by atomic mass is 10.1. The second-order valence-corrected chi connectivity index (χ2v) is 9.98. The number of hydrogen-bond acceptors (Lipinski definition) is 8. The number of alkyl halides is 3. The van der Waals surface area contributed by atoms with Crippen molar-refractivity contribution in [1.82, 2.24) is 40.1 Å². The van der Waals surface area contributed by atoms with Gasteiger partial charge < -0.3 is 21.3 Å². The second kappa shape index (κ2) is 11.7. The highest BCUT2D eigenvalue weighted by Gasteiger charge is 2.38. The van der Waals surface area contributed by atoms with Crippen molar-refractivity contribution >= 4 is 40.6 Å². The Morgan fingerprint density at radius 3 is 2.81 bits per heavy atom. The first-order chi connectivity index (χ1) is 20.0. The van der Waals surface area contributed by atoms with Gasteiger partial charge >= 0.3 is 6.18 Å². The van der Waals surface area contributed by atoms with Crippen LogP contribution in [0, 0.1) is 11.3 Å². The highest BCUT2D eigenvalue weighted by molar-refractivity contribution is 6.34. The van der Waals surface area contributed by atoms with E-state index in [-0.39, 0.29) is 51.8 Å². The molecular formula is C26H24ClF3N10O2. The molecule has 1 unspecified atom stereocenters. The maximum absolute atomic E-state index is 13.7. The molecule has 1 saturated heterocycles. The van der Waals surface area contributed by atoms with E-state index in [2.05, 4.69) is 36.3 Å². The fourth-order valence-electron chi connectivity index (χ4n) is 4.54. The van der Waals surface area contributed by atoms with Crippen LogP contribution < -0.4 is 21.3 Å². The second-order valence-electron chi connectivity index (χ2n) is 9.57. The van der Waals surface area contributed by atoms with Crippen LogP contribution in [-0.2, 0) is 17.5 Å². The number of aromatic nitrogens is 5. The van der Waals surface area contributed by atoms with E-state index < -0.39 is 23.8 Å². The zero-order valence-electron chi connectivity index (χ0n) is 22.0. The van der Waals surface area contributed by atoms with E-state index in [0.717, 1.165) is 23.8 Å². The number of carbonyl (C=O) groups excluding carboxylic acids is 2. The van der Waals surface area contributed by atoms with Crippen LogP contribution in [0.3, 0.4) is 0 Å². The Kier molecular flexibility index (Phi) is 8.01. The molecule has 4 heterocycles. The molecule has 1 aliphatic rings. The molecule has 2 atom stereocenters. The fourth-order valence-corrected chi connectivity index (χ4v) is 4.80. The lowest BCUT2D eigenvalue weighted by Gasteiger charge is -2.18. The predicted molar refractivity (Wildman–Crippen MR) is 146 cm³/mol. The van der Waals surface area contributed by atoms with Crippen molar-refractivity contribution < 1.29 is 22.8 Å². The third-order valence-corrected chi connectivity index (χ3v) is 6.90. The minimum absolute atomic E-state index is 0.0167. The molecule has 42 heavy (non-hydrogen) atoms. The Morgan fingerprint density at radius 1 is 1.31 bits per heavy atom. The summed E-state index contributed by atoms with van der Waals surface area (Å²) < 4.78 is 43.4. The summed E-state index contributed by atoms with van der Waals surface area (Å²) >= 11 is 6.39. The molecule has 3 aromatic heterocycles. The molecule has 0 spiro atoms. The highest BCUT2D eigenvalue weighted by atomic mass is 35.5. The Labute approximate surface area is 241 Å². The van der Waals surface area contributed by atoms with Crippen molar-refractivity contribution in [3.63, 3.8) is 0 Å². The zero-order valence-corrected chi connectivity index (χ0v) is 22.8. The molecule has 4 N–H and O–H groups in total. The quantitative estimate of drug-likeness (QED) is 0.241. The minimum Gasteiger partial charge on any atom is -0.350 e. The molecule has 2 amide bonds. The molecule has 1 aromatic carbocycles. The SMILES string of the molecule is CC(NC(=O)c1ccc(Nc2nccn3c(-c4cn(CC#N)nc4C(F)(F)F)cnc23)cc1Cl)C(=O)N[C@H]1CCNC1. The van der Waals surface area contributed by atoms with Gasteiger partial charge in [-0.2, -0.15) is 23.5 Å². The lowest BCUT2D eigenvalue weighted by Crippen LogP contribution is -2.48. The first kappa shape index (κ1) is 28.8. The van der Waals surface area contributed by atoms with Crippen molar-refractivity contribution in [2.24, 2.45) is 0 Å². The average molecular weight is 601 g/mol. The molecule has 0 saturated carbocycles. The summed E-state index contributed by atoms with van der Waals surface area (Å²) in [5.41, 5.74) is -0.507. The number of nitrogens with zero attached hydrogens (tertiary/aromatic N) is 6. The Morgan fingerprint density at radius 2 is 2.12 bits per heavy atom. The van der Waals surface area contributed by atoms with Crippen LogP contribution >= 0.6 is 11.6 Å². The van der Waals surface area contributed by atoms with E-state index in [1.54, 1.807) is 19.1 Å². The molecular weight excluding hydrogens is 577 g/mol. The molecule has 4 aromatic rings. The standard InChI is InChI=1S/C26H24ClF3N10O2/c1-14(24(41)37-16-4-6-32-11-16)35-25(42)17-3-2-15(10-19(17)27)36-22-23-34-12-20(40(23)9-7-33-22)18-13-39(8-5-31)38-21(18)26(28,29)30/h2-3,7,9-10,12-14,16,32H,4,6,8,11H2,1H3,(H,33,36)(H,35,42)(H,37,41)/t14?,16-/m0/s1. The van der Waals surface area contributed by atoms with Crippen LogP contribution in [-0.4, -0.2) is 61.1 Å². The van der Waals surface area contributed by atoms with E-state index >= 15 is 0 Å². The van der Waals surface area contributed by atoms with Crippen molar-refractivity contribution in [2.75, 3.05) is 18.4 Å². The van der Waals surface area contributed by atoms with E-state index in [0.29, 0.717) is 12.2 Å². The molecule has 0 aliphatic carbocycles. The van der Waals surface area contributed by atoms with Crippen molar-refractivity contribution in [3.05, 3.63) is 59.3 Å². The van der Waals surface area contributed by atoms with E-state index in [9.17, 15) is 22.8 Å². The van der Waals surface area contributed by atoms with Gasteiger partial charge in [0.05, 0.1) is 34.1 Å². The van der Waals surface area contributed by atoms with Gasteiger partial charge in [0.25, 0.3) is 5.91 Å². The van der Waals surface area contributed by atoms with Gasteiger partial charge in [-0.1, -0.05) is 11.6 Å². The van der Waals surface area contributed by atoms with Crippen molar-refractivity contribution in [1.29, 1.82) is 5.26 Å². The number of halogens is 4. The lowest BCUT2D eigenvalue weighted by molar-refractivity contribution is -0.141. The van der Waals surface area contributed by atoms with E-state index in [1.807, 2.05) is 0 Å². The number of anilines is 2. The number of nitrogens with one attached hydrogen (secondary N) is 4. The normalized spacial score (nSPS) is 15.8. The molecule has 0 radical (unpaired) electrons. The number of imidazole rings is 1. The molecule has 12 nitrogen and oxygen atoms in total. The summed E-state index contributed by atoms with van der Waals surface area (Å²) in [6.45, 7) is 2.72. The van der Waals surface area contributed by atoms with Crippen LogP contribution in [0.4, 0.5) is 24.7 Å². The topological polar surface area (TPSA) is 154 Å². The third-order valence-electron chi connectivity index (χ3n) is 6.59. The van der Waals surface area contributed by atoms with Gasteiger partial charge in [0.1, 0.15) is 12.6 Å². The molecule has 5 rings (SSSR count). The molecule has 16 heteroatoms. The summed E-state index contributed by atoms with van der Waals surface area (Å²) in [7, 11) is 0. The monoisotopic (exact) mass is 600 g/mol. The van der Waals surface area contributed by atoms with Crippen LogP contribution in [0.15, 0.2) is 43.0 Å². The van der Waals surface area contributed by atoms with E-state index in [4.69, 9.17) is 16.9 Å². The predicted octanol–water partition coefficient (Wildman–Crippen LogP) is 3.13. The smallest absolute Gasteiger partial charge is 0.350 e. The summed E-state index contributed by atoms with van der Waals surface area (Å²) in [6.07, 6.45) is 1.29. The Bertz CT molecular complexity index is 1690. The number of nitriles is 1. The maximum Gasteiger partial charge on any atom is 0.435 e.